The normalized spacial score (nSPS) is 13.8. The average molecular weight is 272 g/mol. The molecule has 0 unspecified atom stereocenters. The van der Waals surface area contributed by atoms with Gasteiger partial charge in [0.05, 0.1) is 17.2 Å². The standard InChI is InChI=1S/C12H14F2N2OS/c1-12(17,7-18-2)6-16-11-9(13)3-8(5-15)4-10(11)14/h3-4,16-17H,6-7H2,1-2H3/t12-/m1/s1. The van der Waals surface area contributed by atoms with Crippen LogP contribution >= 0.6 is 11.8 Å². The summed E-state index contributed by atoms with van der Waals surface area (Å²) in [6.07, 6.45) is 1.83. The number of anilines is 1. The Balaban J connectivity index is 2.83. The second-order valence-corrected chi connectivity index (χ2v) is 5.08. The predicted molar refractivity (Wildman–Crippen MR) is 68.6 cm³/mol. The van der Waals surface area contributed by atoms with Gasteiger partial charge in [0.2, 0.25) is 0 Å². The molecular weight excluding hydrogens is 258 g/mol. The molecule has 0 bridgehead atoms. The van der Waals surface area contributed by atoms with Crippen molar-refractivity contribution in [3.8, 4) is 6.07 Å². The fourth-order valence-corrected chi connectivity index (χ4v) is 2.17. The highest BCUT2D eigenvalue weighted by Crippen LogP contribution is 2.22. The molecule has 1 atom stereocenters. The Morgan fingerprint density at radius 2 is 2.00 bits per heavy atom. The van der Waals surface area contributed by atoms with Crippen LogP contribution < -0.4 is 5.32 Å². The Morgan fingerprint density at radius 3 is 2.44 bits per heavy atom. The van der Waals surface area contributed by atoms with Crippen molar-refractivity contribution in [3.63, 3.8) is 0 Å². The minimum absolute atomic E-state index is 0.0214. The van der Waals surface area contributed by atoms with Crippen LogP contribution in [0.5, 0.6) is 0 Å². The van der Waals surface area contributed by atoms with Crippen LogP contribution in [0.3, 0.4) is 0 Å². The number of rotatable bonds is 5. The summed E-state index contributed by atoms with van der Waals surface area (Å²) in [4.78, 5) is 0. The molecule has 2 N–H and O–H groups in total. The van der Waals surface area contributed by atoms with Gasteiger partial charge in [-0.05, 0) is 25.3 Å². The van der Waals surface area contributed by atoms with E-state index in [1.54, 1.807) is 13.0 Å². The number of hydrogen-bond acceptors (Lipinski definition) is 4. The van der Waals surface area contributed by atoms with Crippen LogP contribution in [0.25, 0.3) is 0 Å². The first-order valence-electron chi connectivity index (χ1n) is 5.24. The SMILES string of the molecule is CSC[C@](C)(O)CNc1c(F)cc(C#N)cc1F. The van der Waals surface area contributed by atoms with Crippen molar-refractivity contribution >= 4 is 17.4 Å². The van der Waals surface area contributed by atoms with E-state index in [4.69, 9.17) is 5.26 Å². The van der Waals surface area contributed by atoms with Gasteiger partial charge in [-0.2, -0.15) is 17.0 Å². The smallest absolute Gasteiger partial charge is 0.150 e. The van der Waals surface area contributed by atoms with Crippen LogP contribution in [0.2, 0.25) is 0 Å². The number of thioether (sulfide) groups is 1. The molecule has 0 spiro atoms. The first-order chi connectivity index (χ1) is 8.39. The molecule has 0 saturated heterocycles. The first kappa shape index (κ1) is 14.7. The van der Waals surface area contributed by atoms with Gasteiger partial charge < -0.3 is 10.4 Å². The number of nitriles is 1. The molecule has 0 aliphatic heterocycles. The highest BCUT2D eigenvalue weighted by molar-refractivity contribution is 7.98. The molecule has 6 heteroatoms. The van der Waals surface area contributed by atoms with Crippen LogP contribution in [0, 0.1) is 23.0 Å². The lowest BCUT2D eigenvalue weighted by Crippen LogP contribution is -2.36. The summed E-state index contributed by atoms with van der Waals surface area (Å²) in [7, 11) is 0. The monoisotopic (exact) mass is 272 g/mol. The van der Waals surface area contributed by atoms with E-state index in [-0.39, 0.29) is 17.8 Å². The molecule has 1 rings (SSSR count). The van der Waals surface area contributed by atoms with E-state index in [2.05, 4.69) is 5.32 Å². The number of halogens is 2. The zero-order valence-electron chi connectivity index (χ0n) is 10.1. The topological polar surface area (TPSA) is 56.0 Å². The van der Waals surface area contributed by atoms with Crippen molar-refractivity contribution in [2.45, 2.75) is 12.5 Å². The fourth-order valence-electron chi connectivity index (χ4n) is 1.45. The molecule has 0 fully saturated rings. The maximum Gasteiger partial charge on any atom is 0.150 e. The Labute approximate surface area is 109 Å². The molecule has 0 aliphatic rings. The van der Waals surface area contributed by atoms with Crippen molar-refractivity contribution in [2.24, 2.45) is 0 Å². The van der Waals surface area contributed by atoms with Crippen LogP contribution in [-0.2, 0) is 0 Å². The van der Waals surface area contributed by atoms with Gasteiger partial charge in [-0.25, -0.2) is 8.78 Å². The Morgan fingerprint density at radius 1 is 1.44 bits per heavy atom. The highest BCUT2D eigenvalue weighted by atomic mass is 32.2. The highest BCUT2D eigenvalue weighted by Gasteiger charge is 2.21. The van der Waals surface area contributed by atoms with E-state index in [0.29, 0.717) is 5.75 Å². The van der Waals surface area contributed by atoms with E-state index < -0.39 is 17.2 Å². The second-order valence-electron chi connectivity index (χ2n) is 4.21. The molecule has 0 aromatic heterocycles. The van der Waals surface area contributed by atoms with Crippen molar-refractivity contribution in [1.82, 2.24) is 0 Å². The third kappa shape index (κ3) is 3.86. The average Bonchev–Trinajstić information content (AvgIpc) is 2.27. The maximum absolute atomic E-state index is 13.5. The number of aliphatic hydroxyl groups is 1. The van der Waals surface area contributed by atoms with Gasteiger partial charge in [0.25, 0.3) is 0 Å². The second kappa shape index (κ2) is 6.03. The Bertz CT molecular complexity index is 449. The van der Waals surface area contributed by atoms with Gasteiger partial charge in [-0.15, -0.1) is 0 Å². The summed E-state index contributed by atoms with van der Waals surface area (Å²) in [5.74, 6) is -1.24. The first-order valence-corrected chi connectivity index (χ1v) is 6.63. The zero-order chi connectivity index (χ0) is 13.8. The van der Waals surface area contributed by atoms with E-state index in [1.165, 1.54) is 11.8 Å². The summed E-state index contributed by atoms with van der Waals surface area (Å²) < 4.78 is 27.0. The molecule has 0 amide bonds. The molecule has 3 nitrogen and oxygen atoms in total. The van der Waals surface area contributed by atoms with E-state index in [0.717, 1.165) is 12.1 Å². The quantitative estimate of drug-likeness (QED) is 0.864. The molecule has 1 aromatic carbocycles. The number of nitrogens with one attached hydrogen (secondary N) is 1. The largest absolute Gasteiger partial charge is 0.387 e. The van der Waals surface area contributed by atoms with Crippen molar-refractivity contribution < 1.29 is 13.9 Å². The summed E-state index contributed by atoms with van der Waals surface area (Å²) in [6, 6.07) is 3.57. The number of nitrogens with zero attached hydrogens (tertiary/aromatic N) is 1. The van der Waals surface area contributed by atoms with Crippen LogP contribution in [-0.4, -0.2) is 29.3 Å². The summed E-state index contributed by atoms with van der Waals surface area (Å²) in [5.41, 5.74) is -1.46. The third-order valence-electron chi connectivity index (χ3n) is 2.27. The van der Waals surface area contributed by atoms with E-state index in [9.17, 15) is 13.9 Å². The van der Waals surface area contributed by atoms with E-state index in [1.807, 2.05) is 6.26 Å². The molecule has 0 heterocycles. The number of benzene rings is 1. The van der Waals surface area contributed by atoms with Gasteiger partial charge in [0, 0.05) is 12.3 Å². The van der Waals surface area contributed by atoms with Gasteiger partial charge in [0.15, 0.2) is 11.6 Å². The van der Waals surface area contributed by atoms with Crippen LogP contribution in [0.15, 0.2) is 12.1 Å². The molecule has 18 heavy (non-hydrogen) atoms. The van der Waals surface area contributed by atoms with Crippen molar-refractivity contribution in [2.75, 3.05) is 23.9 Å². The minimum Gasteiger partial charge on any atom is -0.387 e. The molecule has 98 valence electrons. The number of hydrogen-bond donors (Lipinski definition) is 2. The fraction of sp³-hybridized carbons (Fsp3) is 0.417. The van der Waals surface area contributed by atoms with Gasteiger partial charge in [0.1, 0.15) is 5.69 Å². The molecular formula is C12H14F2N2OS. The molecule has 0 saturated carbocycles. The molecule has 0 radical (unpaired) electrons. The lowest BCUT2D eigenvalue weighted by molar-refractivity contribution is 0.0996. The third-order valence-corrected chi connectivity index (χ3v) is 3.18. The zero-order valence-corrected chi connectivity index (χ0v) is 10.9. The van der Waals surface area contributed by atoms with Crippen molar-refractivity contribution in [1.29, 1.82) is 5.26 Å². The lowest BCUT2D eigenvalue weighted by atomic mass is 10.1. The summed E-state index contributed by atoms with van der Waals surface area (Å²) in [5, 5.41) is 21.0. The van der Waals surface area contributed by atoms with Gasteiger partial charge >= 0.3 is 0 Å². The Kier molecular flexibility index (Phi) is 4.93. The van der Waals surface area contributed by atoms with Crippen LogP contribution in [0.4, 0.5) is 14.5 Å². The van der Waals surface area contributed by atoms with Gasteiger partial charge in [-0.3, -0.25) is 0 Å². The summed E-state index contributed by atoms with van der Waals surface area (Å²) >= 11 is 1.44. The predicted octanol–water partition coefficient (Wildman–Crippen LogP) is 2.36. The van der Waals surface area contributed by atoms with Crippen molar-refractivity contribution in [3.05, 3.63) is 29.3 Å². The molecule has 0 aliphatic carbocycles. The lowest BCUT2D eigenvalue weighted by Gasteiger charge is -2.23. The minimum atomic E-state index is -1.06. The van der Waals surface area contributed by atoms with Crippen LogP contribution in [0.1, 0.15) is 12.5 Å². The Hall–Kier alpha value is -1.32. The maximum atomic E-state index is 13.5. The summed E-state index contributed by atoms with van der Waals surface area (Å²) in [6.45, 7) is 1.60. The molecule has 1 aromatic rings. The van der Waals surface area contributed by atoms with Gasteiger partial charge in [-0.1, -0.05) is 0 Å². The van der Waals surface area contributed by atoms with E-state index >= 15 is 0 Å².